The van der Waals surface area contributed by atoms with Gasteiger partial charge in [-0.1, -0.05) is 121 Å². The molecule has 0 radical (unpaired) electrons. The number of nitrogens with one attached hydrogen (secondary N) is 2. The van der Waals surface area contributed by atoms with Crippen LogP contribution in [-0.2, 0) is 64.4 Å². The molecule has 10 rings (SSSR count). The number of benzene rings is 4. The number of nitrogens with zero attached hydrogens (tertiary/aromatic N) is 8. The second-order valence-corrected chi connectivity index (χ2v) is 29.1. The maximum atomic E-state index is 14.6. The molecule has 6 aliphatic heterocycles. The number of hydrogen-bond acceptors (Lipinski definition) is 18. The lowest BCUT2D eigenvalue weighted by molar-refractivity contribution is -0.127. The Morgan fingerprint density at radius 3 is 1.05 bits per heavy atom. The molecular formula is C78H113F5N10O14. The Morgan fingerprint density at radius 1 is 0.411 bits per heavy atom. The number of halogens is 5. The molecule has 29 heteroatoms. The molecule has 6 heterocycles. The molecular weight excluding hydrogens is 1400 g/mol. The summed E-state index contributed by atoms with van der Waals surface area (Å²) in [6, 6.07) is 36.5. The predicted molar refractivity (Wildman–Crippen MR) is 396 cm³/mol. The van der Waals surface area contributed by atoms with Gasteiger partial charge in [0.1, 0.15) is 68.1 Å². The Kier molecular flexibility index (Phi) is 37.6. The minimum atomic E-state index is -1.58. The largest absolute Gasteiger partial charge is 0.445 e. The summed E-state index contributed by atoms with van der Waals surface area (Å²) in [6.45, 7) is 16.1. The molecule has 6 fully saturated rings. The smallest absolute Gasteiger partial charge is 0.410 e. The zero-order chi connectivity index (χ0) is 78.8. The van der Waals surface area contributed by atoms with Crippen LogP contribution in [0.1, 0.15) is 109 Å². The van der Waals surface area contributed by atoms with Crippen molar-refractivity contribution in [2.24, 2.45) is 0 Å². The second-order valence-electron chi connectivity index (χ2n) is 29.1. The van der Waals surface area contributed by atoms with Gasteiger partial charge in [0.15, 0.2) is 12.0 Å². The topological polar surface area (TPSA) is 242 Å². The Labute approximate surface area is 627 Å². The van der Waals surface area contributed by atoms with Crippen molar-refractivity contribution in [1.82, 2.24) is 49.8 Å². The Morgan fingerprint density at radius 2 is 0.710 bits per heavy atom. The number of ether oxygens (including phenoxy) is 6. The Bertz CT molecular complexity index is 3330. The molecule has 4 aromatic rings. The molecule has 3 unspecified atom stereocenters. The molecule has 6 amide bonds. The minimum Gasteiger partial charge on any atom is -0.445 e. The van der Waals surface area contributed by atoms with Crippen LogP contribution in [0.4, 0.5) is 50.7 Å². The van der Waals surface area contributed by atoms with E-state index in [1.54, 1.807) is 60.5 Å². The summed E-state index contributed by atoms with van der Waals surface area (Å²) in [4.78, 5) is 105. The molecule has 6 saturated heterocycles. The quantitative estimate of drug-likeness (QED) is 0.0989. The van der Waals surface area contributed by atoms with Crippen molar-refractivity contribution < 1.29 is 88.7 Å². The Balaban J connectivity index is 0.000000234. The molecule has 0 bridgehead atoms. The number of piperidine rings is 6. The van der Waals surface area contributed by atoms with Crippen molar-refractivity contribution in [2.45, 2.75) is 179 Å². The molecule has 594 valence electrons. The average molecular weight is 1510 g/mol. The highest BCUT2D eigenvalue weighted by Gasteiger charge is 2.39. The van der Waals surface area contributed by atoms with Gasteiger partial charge in [0, 0.05) is 97.8 Å². The van der Waals surface area contributed by atoms with Gasteiger partial charge in [-0.05, 0) is 124 Å². The van der Waals surface area contributed by atoms with Crippen LogP contribution in [0.2, 0.25) is 0 Å². The fourth-order valence-corrected chi connectivity index (χ4v) is 11.8. The first-order valence-corrected chi connectivity index (χ1v) is 36.4. The molecule has 9 atom stereocenters. The molecule has 0 spiro atoms. The highest BCUT2D eigenvalue weighted by atomic mass is 19.2. The van der Waals surface area contributed by atoms with Crippen molar-refractivity contribution in [3.8, 4) is 0 Å². The number of alkyl halides is 5. The van der Waals surface area contributed by atoms with Gasteiger partial charge in [0.25, 0.3) is 0 Å². The SMILES string of the molecule is CN(C(=O)OC(C)(C)C)[C@H]1CCN(C(=O)OCc2ccccc2)C[C@H]1F.CN1CC[C@H](N(C)C(=O)OC(C)(C)C)[C@H](F)C1.CNC1CCN(C(=O)OCc2ccccc2)CC1F.CN[C@H]1CCN(C)C[C@H]1F.O=C1CCN(C(=O)OCc2ccccc2)CC1.O=C1CCN(C(=O)OCc2ccccc2)CC1F. The lowest BCUT2D eigenvalue weighted by atomic mass is 10.0. The third-order valence-corrected chi connectivity index (χ3v) is 18.1. The number of likely N-dealkylation sites (tertiary alicyclic amines) is 6. The maximum Gasteiger partial charge on any atom is 0.410 e. The lowest BCUT2D eigenvalue weighted by Gasteiger charge is -2.38. The number of rotatable bonds is 12. The van der Waals surface area contributed by atoms with Gasteiger partial charge >= 0.3 is 36.6 Å². The van der Waals surface area contributed by atoms with E-state index in [-0.39, 0.29) is 89.0 Å². The van der Waals surface area contributed by atoms with E-state index in [9.17, 15) is 60.3 Å². The van der Waals surface area contributed by atoms with Crippen molar-refractivity contribution >= 4 is 48.1 Å². The first-order chi connectivity index (χ1) is 50.7. The van der Waals surface area contributed by atoms with E-state index in [2.05, 4.69) is 10.6 Å². The van der Waals surface area contributed by atoms with E-state index in [4.69, 9.17) is 28.4 Å². The van der Waals surface area contributed by atoms with Crippen LogP contribution in [0.15, 0.2) is 121 Å². The maximum absolute atomic E-state index is 14.6. The molecule has 0 saturated carbocycles. The van der Waals surface area contributed by atoms with E-state index in [1.165, 1.54) is 31.5 Å². The predicted octanol–water partition coefficient (Wildman–Crippen LogP) is 11.6. The summed E-state index contributed by atoms with van der Waals surface area (Å²) < 4.78 is 99.4. The summed E-state index contributed by atoms with van der Waals surface area (Å²) in [6.07, 6.45) is -5.13. The lowest BCUT2D eigenvalue weighted by Crippen LogP contribution is -2.54. The van der Waals surface area contributed by atoms with Crippen LogP contribution in [0.25, 0.3) is 0 Å². The van der Waals surface area contributed by atoms with Crippen molar-refractivity contribution in [3.05, 3.63) is 144 Å². The van der Waals surface area contributed by atoms with Crippen LogP contribution in [0, 0.1) is 0 Å². The van der Waals surface area contributed by atoms with Crippen LogP contribution < -0.4 is 10.6 Å². The van der Waals surface area contributed by atoms with Crippen molar-refractivity contribution in [2.75, 3.05) is 121 Å². The van der Waals surface area contributed by atoms with Gasteiger partial charge in [0.2, 0.25) is 0 Å². The van der Waals surface area contributed by atoms with E-state index >= 15 is 0 Å². The fraction of sp³-hybridized carbons (Fsp3) is 0.590. The zero-order valence-electron chi connectivity index (χ0n) is 64.2. The second kappa shape index (κ2) is 45.2. The van der Waals surface area contributed by atoms with Crippen LogP contribution in [-0.4, -0.2) is 274 Å². The van der Waals surface area contributed by atoms with Crippen molar-refractivity contribution in [3.63, 3.8) is 0 Å². The molecule has 2 N–H and O–H groups in total. The fourth-order valence-electron chi connectivity index (χ4n) is 11.8. The van der Waals surface area contributed by atoms with Crippen LogP contribution in [0.3, 0.4) is 0 Å². The summed E-state index contributed by atoms with van der Waals surface area (Å²) in [5.74, 6) is -0.223. The molecule has 24 nitrogen and oxygen atoms in total. The number of carbonyl (C=O) groups excluding carboxylic acids is 8. The first kappa shape index (κ1) is 89.0. The van der Waals surface area contributed by atoms with Gasteiger partial charge in [-0.15, -0.1) is 0 Å². The summed E-state index contributed by atoms with van der Waals surface area (Å²) >= 11 is 0. The van der Waals surface area contributed by atoms with Gasteiger partial charge < -0.3 is 78.3 Å². The molecule has 0 aliphatic carbocycles. The summed E-state index contributed by atoms with van der Waals surface area (Å²) in [5.41, 5.74) is 2.46. The first-order valence-electron chi connectivity index (χ1n) is 36.4. The van der Waals surface area contributed by atoms with Gasteiger partial charge in [-0.2, -0.15) is 0 Å². The number of amides is 6. The minimum absolute atomic E-state index is 0.0571. The summed E-state index contributed by atoms with van der Waals surface area (Å²) in [7, 11) is 10.5. The van der Waals surface area contributed by atoms with E-state index < -0.39 is 84.4 Å². The number of hydrogen-bond donors (Lipinski definition) is 2. The normalized spacial score (nSPS) is 22.5. The number of carbonyl (C=O) groups is 8. The van der Waals surface area contributed by atoms with Gasteiger partial charge in [-0.25, -0.2) is 50.7 Å². The highest BCUT2D eigenvalue weighted by Crippen LogP contribution is 2.25. The third-order valence-electron chi connectivity index (χ3n) is 18.1. The van der Waals surface area contributed by atoms with E-state index in [0.29, 0.717) is 71.4 Å². The molecule has 4 aromatic carbocycles. The van der Waals surface area contributed by atoms with E-state index in [0.717, 1.165) is 41.8 Å². The van der Waals surface area contributed by atoms with Gasteiger partial charge in [-0.3, -0.25) is 9.59 Å². The number of Topliss-reactive ketones (excluding diaryl/α,β-unsaturated/α-hetero) is 2. The van der Waals surface area contributed by atoms with Crippen LogP contribution >= 0.6 is 0 Å². The highest BCUT2D eigenvalue weighted by molar-refractivity contribution is 5.85. The molecule has 107 heavy (non-hydrogen) atoms. The van der Waals surface area contributed by atoms with E-state index in [1.807, 2.05) is 152 Å². The Hall–Kier alpha value is -8.67. The molecule has 6 aliphatic rings. The van der Waals surface area contributed by atoms with Gasteiger partial charge in [0.05, 0.1) is 31.7 Å². The van der Waals surface area contributed by atoms with Crippen molar-refractivity contribution in [1.29, 1.82) is 0 Å². The molecule has 0 aromatic heterocycles. The standard InChI is InChI=1S/C19H27FN2O4.C14H19FN2O2.C13H14FNO3.C13H15NO3.C12H23FN2O2.C7H15FN2/c1-19(2,3)26-17(23)21(4)16-10-11-22(12-15(16)20)18(24)25-13-14-8-6-5-7-9-14;1-16-13-7-8-17(9-12(13)15)14(18)19-10-11-5-3-2-4-6-11;14-11-8-15(7-6-12(11)16)13(17)18-9-10-4-2-1-3-5-10;15-12-6-8-14(9-7-12)13(16)17-10-11-4-2-1-3-5-11;1-12(2,3)17-11(16)15(5)10-6-7-14(4)8-9(10)13;1-9-7-3-4-10(2)5-6(7)8/h5-9,15-16H,10-13H2,1-4H3;2-6,12-13,16H,7-10H2,1H3;1-5,11H,6-9H2;1-5H,6-10H2;9-10H,6-8H2,1-5H3;6-7,9H,3-5H2,1-2H3/t15-,16+;;;;9-,10+;6-,7+/m1...11/s1. The monoisotopic (exact) mass is 1510 g/mol. The average Bonchev–Trinajstić information content (AvgIpc) is 0.843. The number of ketones is 2. The third kappa shape index (κ3) is 32.8. The van der Waals surface area contributed by atoms with Crippen LogP contribution in [0.5, 0.6) is 0 Å². The zero-order valence-corrected chi connectivity index (χ0v) is 64.2. The summed E-state index contributed by atoms with van der Waals surface area (Å²) in [5, 5.41) is 5.89.